The van der Waals surface area contributed by atoms with E-state index >= 15 is 0 Å². The molecule has 0 radical (unpaired) electrons. The summed E-state index contributed by atoms with van der Waals surface area (Å²) in [4.78, 5) is 11.6. The van der Waals surface area contributed by atoms with Gasteiger partial charge in [-0.2, -0.15) is 0 Å². The second-order valence-corrected chi connectivity index (χ2v) is 5.47. The van der Waals surface area contributed by atoms with Crippen molar-refractivity contribution < 1.29 is 9.90 Å². The third-order valence-electron chi connectivity index (χ3n) is 1.87. The molecule has 13 heavy (non-hydrogen) atoms. The fourth-order valence-electron chi connectivity index (χ4n) is 1.08. The van der Waals surface area contributed by atoms with Crippen molar-refractivity contribution in [3.05, 3.63) is 20.8 Å². The SMILES string of the molecule is CC(CCC(=O)O)c1ccc(Br)s1. The molecule has 1 heterocycles. The summed E-state index contributed by atoms with van der Waals surface area (Å²) < 4.78 is 1.10. The summed E-state index contributed by atoms with van der Waals surface area (Å²) in [6, 6.07) is 4.04. The summed E-state index contributed by atoms with van der Waals surface area (Å²) in [7, 11) is 0. The molecule has 2 nitrogen and oxygen atoms in total. The Bertz CT molecular complexity index is 296. The van der Waals surface area contributed by atoms with Gasteiger partial charge in [-0.1, -0.05) is 6.92 Å². The van der Waals surface area contributed by atoms with E-state index in [4.69, 9.17) is 5.11 Å². The van der Waals surface area contributed by atoms with Crippen molar-refractivity contribution in [3.63, 3.8) is 0 Å². The standard InChI is InChI=1S/C9H11BrO2S/c1-6(2-5-9(11)12)7-3-4-8(10)13-7/h3-4,6H,2,5H2,1H3,(H,11,12). The summed E-state index contributed by atoms with van der Waals surface area (Å²) in [5, 5.41) is 8.51. The van der Waals surface area contributed by atoms with Crippen molar-refractivity contribution in [2.24, 2.45) is 0 Å². The van der Waals surface area contributed by atoms with E-state index in [-0.39, 0.29) is 6.42 Å². The number of halogens is 1. The van der Waals surface area contributed by atoms with Crippen LogP contribution >= 0.6 is 27.3 Å². The Morgan fingerprint density at radius 1 is 1.69 bits per heavy atom. The molecule has 0 spiro atoms. The van der Waals surface area contributed by atoms with Crippen molar-refractivity contribution in [1.29, 1.82) is 0 Å². The lowest BCUT2D eigenvalue weighted by Gasteiger charge is -2.05. The maximum absolute atomic E-state index is 10.3. The topological polar surface area (TPSA) is 37.3 Å². The Balaban J connectivity index is 2.48. The molecule has 0 bridgehead atoms. The second-order valence-electron chi connectivity index (χ2n) is 2.98. The zero-order chi connectivity index (χ0) is 9.84. The fraction of sp³-hybridized carbons (Fsp3) is 0.444. The fourth-order valence-corrected chi connectivity index (χ4v) is 2.58. The quantitative estimate of drug-likeness (QED) is 0.902. The molecule has 0 aromatic carbocycles. The predicted molar refractivity (Wildman–Crippen MR) is 57.3 cm³/mol. The molecule has 0 saturated heterocycles. The third kappa shape index (κ3) is 3.48. The number of carbonyl (C=O) groups is 1. The number of hydrogen-bond acceptors (Lipinski definition) is 2. The van der Waals surface area contributed by atoms with E-state index in [1.807, 2.05) is 12.1 Å². The molecule has 1 aromatic heterocycles. The maximum Gasteiger partial charge on any atom is 0.303 e. The molecule has 0 aliphatic heterocycles. The number of hydrogen-bond donors (Lipinski definition) is 1. The molecule has 1 unspecified atom stereocenters. The van der Waals surface area contributed by atoms with Crippen LogP contribution in [-0.2, 0) is 4.79 Å². The number of carboxylic acid groups (broad SMARTS) is 1. The number of thiophene rings is 1. The van der Waals surface area contributed by atoms with Gasteiger partial charge >= 0.3 is 5.97 Å². The van der Waals surface area contributed by atoms with E-state index in [2.05, 4.69) is 22.9 Å². The monoisotopic (exact) mass is 262 g/mol. The Labute approximate surface area is 89.7 Å². The molecule has 0 aliphatic rings. The third-order valence-corrected chi connectivity index (χ3v) is 3.73. The molecular formula is C9H11BrO2S. The smallest absolute Gasteiger partial charge is 0.303 e. The average Bonchev–Trinajstić information content (AvgIpc) is 2.47. The predicted octanol–water partition coefficient (Wildman–Crippen LogP) is 3.48. The molecule has 0 fully saturated rings. The minimum Gasteiger partial charge on any atom is -0.481 e. The van der Waals surface area contributed by atoms with E-state index in [1.165, 1.54) is 4.88 Å². The first-order valence-electron chi connectivity index (χ1n) is 4.06. The summed E-state index contributed by atoms with van der Waals surface area (Å²) in [5.41, 5.74) is 0. The molecule has 1 rings (SSSR count). The Hall–Kier alpha value is -0.350. The van der Waals surface area contributed by atoms with Gasteiger partial charge in [0, 0.05) is 11.3 Å². The van der Waals surface area contributed by atoms with Crippen molar-refractivity contribution in [2.45, 2.75) is 25.7 Å². The zero-order valence-corrected chi connectivity index (χ0v) is 9.69. The van der Waals surface area contributed by atoms with Gasteiger partial charge in [-0.05, 0) is 40.4 Å². The van der Waals surface area contributed by atoms with Crippen LogP contribution in [0.5, 0.6) is 0 Å². The maximum atomic E-state index is 10.3. The van der Waals surface area contributed by atoms with Crippen LogP contribution in [0.1, 0.15) is 30.6 Å². The van der Waals surface area contributed by atoms with Crippen molar-refractivity contribution in [1.82, 2.24) is 0 Å². The van der Waals surface area contributed by atoms with Gasteiger partial charge in [0.15, 0.2) is 0 Å². The first-order chi connectivity index (χ1) is 6.09. The van der Waals surface area contributed by atoms with Crippen LogP contribution in [0.25, 0.3) is 0 Å². The Morgan fingerprint density at radius 2 is 2.38 bits per heavy atom. The van der Waals surface area contributed by atoms with Crippen LogP contribution < -0.4 is 0 Å². The van der Waals surface area contributed by atoms with Gasteiger partial charge < -0.3 is 5.11 Å². The molecule has 0 saturated carbocycles. The lowest BCUT2D eigenvalue weighted by molar-refractivity contribution is -0.137. The molecule has 0 amide bonds. The van der Waals surface area contributed by atoms with Crippen molar-refractivity contribution in [3.8, 4) is 0 Å². The van der Waals surface area contributed by atoms with E-state index < -0.39 is 5.97 Å². The van der Waals surface area contributed by atoms with Crippen LogP contribution in [0.2, 0.25) is 0 Å². The van der Waals surface area contributed by atoms with E-state index in [1.54, 1.807) is 11.3 Å². The second kappa shape index (κ2) is 4.77. The number of carboxylic acids is 1. The van der Waals surface area contributed by atoms with Gasteiger partial charge in [0.05, 0.1) is 3.79 Å². The van der Waals surface area contributed by atoms with Gasteiger partial charge in [0.2, 0.25) is 0 Å². The van der Waals surface area contributed by atoms with Gasteiger partial charge in [0.1, 0.15) is 0 Å². The van der Waals surface area contributed by atoms with Crippen molar-refractivity contribution >= 4 is 33.2 Å². The summed E-state index contributed by atoms with van der Waals surface area (Å²) in [5.74, 6) is -0.380. The molecule has 0 aliphatic carbocycles. The molecular weight excluding hydrogens is 252 g/mol. The van der Waals surface area contributed by atoms with Crippen molar-refractivity contribution in [2.75, 3.05) is 0 Å². The van der Waals surface area contributed by atoms with Crippen LogP contribution in [0.4, 0.5) is 0 Å². The van der Waals surface area contributed by atoms with Crippen LogP contribution in [0.3, 0.4) is 0 Å². The number of rotatable bonds is 4. The largest absolute Gasteiger partial charge is 0.481 e. The Morgan fingerprint density at radius 3 is 2.85 bits per heavy atom. The number of aliphatic carboxylic acids is 1. The molecule has 4 heteroatoms. The zero-order valence-electron chi connectivity index (χ0n) is 7.29. The minimum atomic E-state index is -0.720. The average molecular weight is 263 g/mol. The summed E-state index contributed by atoms with van der Waals surface area (Å²) in [6.45, 7) is 2.06. The summed E-state index contributed by atoms with van der Waals surface area (Å²) in [6.07, 6.45) is 0.957. The minimum absolute atomic E-state index is 0.247. The highest BCUT2D eigenvalue weighted by Crippen LogP contribution is 2.30. The Kier molecular flexibility index (Phi) is 3.93. The van der Waals surface area contributed by atoms with Crippen LogP contribution in [-0.4, -0.2) is 11.1 Å². The highest BCUT2D eigenvalue weighted by molar-refractivity contribution is 9.11. The van der Waals surface area contributed by atoms with Crippen LogP contribution in [0, 0.1) is 0 Å². The van der Waals surface area contributed by atoms with E-state index in [0.717, 1.165) is 3.79 Å². The summed E-state index contributed by atoms with van der Waals surface area (Å²) >= 11 is 5.05. The molecule has 1 N–H and O–H groups in total. The highest BCUT2D eigenvalue weighted by atomic mass is 79.9. The molecule has 72 valence electrons. The van der Waals surface area contributed by atoms with Crippen LogP contribution in [0.15, 0.2) is 15.9 Å². The highest BCUT2D eigenvalue weighted by Gasteiger charge is 2.09. The normalized spacial score (nSPS) is 12.8. The van der Waals surface area contributed by atoms with Gasteiger partial charge in [0.25, 0.3) is 0 Å². The first kappa shape index (κ1) is 10.7. The molecule has 1 atom stereocenters. The lowest BCUT2D eigenvalue weighted by Crippen LogP contribution is -1.98. The lowest BCUT2D eigenvalue weighted by atomic mass is 10.0. The van der Waals surface area contributed by atoms with Gasteiger partial charge in [-0.3, -0.25) is 4.79 Å². The van der Waals surface area contributed by atoms with E-state index in [0.29, 0.717) is 12.3 Å². The first-order valence-corrected chi connectivity index (χ1v) is 5.67. The molecule has 1 aromatic rings. The van der Waals surface area contributed by atoms with Gasteiger partial charge in [-0.25, -0.2) is 0 Å². The van der Waals surface area contributed by atoms with Gasteiger partial charge in [-0.15, -0.1) is 11.3 Å². The van der Waals surface area contributed by atoms with E-state index in [9.17, 15) is 4.79 Å².